The van der Waals surface area contributed by atoms with Crippen LogP contribution in [0.5, 0.6) is 0 Å². The van der Waals surface area contributed by atoms with Gasteiger partial charge in [-0.1, -0.05) is 0 Å². The summed E-state index contributed by atoms with van der Waals surface area (Å²) in [6, 6.07) is 8.02. The van der Waals surface area contributed by atoms with E-state index < -0.39 is 0 Å². The topological polar surface area (TPSA) is 88.3 Å². The van der Waals surface area contributed by atoms with E-state index in [1.165, 1.54) is 12.0 Å². The number of likely N-dealkylation sites (N-methyl/N-ethyl adjacent to an activating group) is 1. The Bertz CT molecular complexity index is 1000. The first-order chi connectivity index (χ1) is 15.3. The summed E-state index contributed by atoms with van der Waals surface area (Å²) in [4.78, 5) is 16.1. The van der Waals surface area contributed by atoms with Gasteiger partial charge in [0.25, 0.3) is 0 Å². The second kappa shape index (κ2) is 9.03. The average Bonchev–Trinajstić information content (AvgIpc) is 3.52. The highest BCUT2D eigenvalue weighted by atomic mass is 16.5. The van der Waals surface area contributed by atoms with Gasteiger partial charge in [-0.05, 0) is 44.0 Å². The molecule has 8 nitrogen and oxygen atoms in total. The number of oxazole rings is 1. The zero-order chi connectivity index (χ0) is 21.0. The molecule has 0 aliphatic carbocycles. The van der Waals surface area contributed by atoms with Crippen LogP contribution in [0, 0.1) is 0 Å². The number of ether oxygens (including phenoxy) is 1. The number of aromatic nitrogens is 3. The monoisotopic (exact) mass is 420 g/mol. The lowest BCUT2D eigenvalue weighted by Gasteiger charge is -2.30. The molecule has 0 spiro atoms. The van der Waals surface area contributed by atoms with Crippen LogP contribution in [0.15, 0.2) is 41.3 Å². The lowest BCUT2D eigenvalue weighted by atomic mass is 10.1. The Hall–Kier alpha value is -2.97. The molecule has 1 fully saturated rings. The second-order valence-corrected chi connectivity index (χ2v) is 7.96. The van der Waals surface area contributed by atoms with E-state index >= 15 is 0 Å². The van der Waals surface area contributed by atoms with Gasteiger partial charge >= 0.3 is 0 Å². The number of nitrogens with zero attached hydrogens (tertiary/aromatic N) is 4. The lowest BCUT2D eigenvalue weighted by Crippen LogP contribution is -2.36. The Balaban J connectivity index is 1.41. The molecular formula is C23H28N6O2. The molecule has 1 aromatic carbocycles. The summed E-state index contributed by atoms with van der Waals surface area (Å²) in [5, 5.41) is 6.86. The minimum Gasteiger partial charge on any atom is -0.444 e. The van der Waals surface area contributed by atoms with Gasteiger partial charge in [-0.3, -0.25) is 0 Å². The summed E-state index contributed by atoms with van der Waals surface area (Å²) in [5.74, 6) is 2.39. The number of hydrogen-bond donors (Lipinski definition) is 2. The quantitative estimate of drug-likeness (QED) is 0.600. The summed E-state index contributed by atoms with van der Waals surface area (Å²) >= 11 is 0. The molecule has 0 radical (unpaired) electrons. The van der Waals surface area contributed by atoms with Crippen LogP contribution in [0.4, 0.5) is 17.5 Å². The van der Waals surface area contributed by atoms with Crippen molar-refractivity contribution in [3.05, 3.63) is 48.1 Å². The zero-order valence-electron chi connectivity index (χ0n) is 17.8. The molecule has 1 atom stereocenters. The maximum Gasteiger partial charge on any atom is 0.229 e. The first-order valence-corrected chi connectivity index (χ1v) is 11.0. The van der Waals surface area contributed by atoms with E-state index in [1.54, 1.807) is 6.20 Å². The molecule has 31 heavy (non-hydrogen) atoms. The van der Waals surface area contributed by atoms with Gasteiger partial charge in [-0.15, -0.1) is 0 Å². The van der Waals surface area contributed by atoms with Gasteiger partial charge in [0.1, 0.15) is 5.82 Å². The lowest BCUT2D eigenvalue weighted by molar-refractivity contribution is 0.115. The van der Waals surface area contributed by atoms with Crippen molar-refractivity contribution in [2.24, 2.45) is 0 Å². The van der Waals surface area contributed by atoms with Crippen LogP contribution >= 0.6 is 0 Å². The molecule has 4 heterocycles. The van der Waals surface area contributed by atoms with E-state index in [4.69, 9.17) is 19.1 Å². The van der Waals surface area contributed by atoms with Gasteiger partial charge in [-0.2, -0.15) is 4.98 Å². The first-order valence-electron chi connectivity index (χ1n) is 11.0. The van der Waals surface area contributed by atoms with Crippen LogP contribution in [-0.4, -0.2) is 47.3 Å². The van der Waals surface area contributed by atoms with E-state index in [0.717, 1.165) is 80.6 Å². The third-order valence-electron chi connectivity index (χ3n) is 5.90. The van der Waals surface area contributed by atoms with Crippen LogP contribution in [-0.2, 0) is 17.7 Å². The van der Waals surface area contributed by atoms with Gasteiger partial charge in [0, 0.05) is 56.0 Å². The standard InChI is InChI=1S/C23H28N6O2/c1-2-29(14-18-4-3-11-30-18)22-19-12-24-10-9-20(19)27-23(28-22)26-17-7-5-16(6-8-17)21-13-25-15-31-21/h5-8,13,15,18,24H,2-4,9-12,14H2,1H3,(H,26,27,28). The van der Waals surface area contributed by atoms with E-state index in [-0.39, 0.29) is 6.10 Å². The fourth-order valence-corrected chi connectivity index (χ4v) is 4.25. The van der Waals surface area contributed by atoms with Crippen molar-refractivity contribution in [3.63, 3.8) is 0 Å². The summed E-state index contributed by atoms with van der Waals surface area (Å²) in [6.45, 7) is 6.53. The third kappa shape index (κ3) is 4.40. The fourth-order valence-electron chi connectivity index (χ4n) is 4.25. The zero-order valence-corrected chi connectivity index (χ0v) is 17.8. The van der Waals surface area contributed by atoms with Crippen LogP contribution in [0.3, 0.4) is 0 Å². The van der Waals surface area contributed by atoms with E-state index in [9.17, 15) is 0 Å². The summed E-state index contributed by atoms with van der Waals surface area (Å²) < 4.78 is 11.3. The molecule has 3 aromatic rings. The second-order valence-electron chi connectivity index (χ2n) is 7.96. The van der Waals surface area contributed by atoms with Crippen LogP contribution in [0.25, 0.3) is 11.3 Å². The van der Waals surface area contributed by atoms with Gasteiger partial charge in [0.05, 0.1) is 18.0 Å². The third-order valence-corrected chi connectivity index (χ3v) is 5.90. The molecule has 2 aromatic heterocycles. The Kier molecular flexibility index (Phi) is 5.82. The Labute approximate surface area is 182 Å². The van der Waals surface area contributed by atoms with E-state index in [0.29, 0.717) is 5.95 Å². The molecule has 8 heteroatoms. The van der Waals surface area contributed by atoms with Gasteiger partial charge < -0.3 is 24.7 Å². The highest BCUT2D eigenvalue weighted by molar-refractivity contribution is 5.64. The molecule has 1 unspecified atom stereocenters. The highest BCUT2D eigenvalue weighted by Crippen LogP contribution is 2.28. The number of nitrogens with one attached hydrogen (secondary N) is 2. The molecule has 0 saturated carbocycles. The van der Waals surface area contributed by atoms with Crippen molar-refractivity contribution in [2.45, 2.75) is 38.8 Å². The van der Waals surface area contributed by atoms with Crippen molar-refractivity contribution in [1.29, 1.82) is 0 Å². The summed E-state index contributed by atoms with van der Waals surface area (Å²) in [7, 11) is 0. The SMILES string of the molecule is CCN(CC1CCCO1)c1nc(Nc2ccc(-c3cnco3)cc2)nc2c1CNCC2. The molecular weight excluding hydrogens is 392 g/mol. The van der Waals surface area contributed by atoms with Crippen molar-refractivity contribution < 1.29 is 9.15 Å². The Morgan fingerprint density at radius 3 is 2.87 bits per heavy atom. The minimum absolute atomic E-state index is 0.280. The van der Waals surface area contributed by atoms with Crippen molar-refractivity contribution in [1.82, 2.24) is 20.3 Å². The maximum absolute atomic E-state index is 5.89. The highest BCUT2D eigenvalue weighted by Gasteiger charge is 2.25. The van der Waals surface area contributed by atoms with Crippen LogP contribution < -0.4 is 15.5 Å². The molecule has 5 rings (SSSR count). The largest absolute Gasteiger partial charge is 0.444 e. The molecule has 2 aliphatic heterocycles. The number of benzene rings is 1. The molecule has 2 aliphatic rings. The summed E-state index contributed by atoms with van der Waals surface area (Å²) in [6.07, 6.45) is 6.59. The Morgan fingerprint density at radius 1 is 1.23 bits per heavy atom. The first kappa shape index (κ1) is 20.0. The Morgan fingerprint density at radius 2 is 2.13 bits per heavy atom. The van der Waals surface area contributed by atoms with Gasteiger partial charge in [0.2, 0.25) is 5.95 Å². The minimum atomic E-state index is 0.280. The number of fused-ring (bicyclic) bond motifs is 1. The predicted octanol–water partition coefficient (Wildman–Crippen LogP) is 3.53. The molecule has 162 valence electrons. The normalized spacial score (nSPS) is 18.0. The van der Waals surface area contributed by atoms with Crippen molar-refractivity contribution >= 4 is 17.5 Å². The maximum atomic E-state index is 5.89. The average molecular weight is 421 g/mol. The molecule has 0 amide bonds. The smallest absolute Gasteiger partial charge is 0.229 e. The van der Waals surface area contributed by atoms with E-state index in [1.807, 2.05) is 24.3 Å². The summed E-state index contributed by atoms with van der Waals surface area (Å²) in [5.41, 5.74) is 4.24. The molecule has 2 N–H and O–H groups in total. The molecule has 0 bridgehead atoms. The van der Waals surface area contributed by atoms with Gasteiger partial charge in [0.15, 0.2) is 12.2 Å². The van der Waals surface area contributed by atoms with Crippen molar-refractivity contribution in [2.75, 3.05) is 36.5 Å². The number of rotatable bonds is 7. The molecule has 1 saturated heterocycles. The number of hydrogen-bond acceptors (Lipinski definition) is 8. The predicted molar refractivity (Wildman–Crippen MR) is 120 cm³/mol. The van der Waals surface area contributed by atoms with Crippen LogP contribution in [0.2, 0.25) is 0 Å². The number of anilines is 3. The van der Waals surface area contributed by atoms with Gasteiger partial charge in [-0.25, -0.2) is 9.97 Å². The van der Waals surface area contributed by atoms with E-state index in [2.05, 4.69) is 27.4 Å². The van der Waals surface area contributed by atoms with Crippen LogP contribution in [0.1, 0.15) is 31.0 Å². The van der Waals surface area contributed by atoms with Crippen molar-refractivity contribution in [3.8, 4) is 11.3 Å². The fraction of sp³-hybridized carbons (Fsp3) is 0.435.